The predicted octanol–water partition coefficient (Wildman–Crippen LogP) is 1.16. The van der Waals surface area contributed by atoms with Gasteiger partial charge in [0.15, 0.2) is 0 Å². The predicted molar refractivity (Wildman–Crippen MR) is 12.7 cm³/mol. The fourth-order valence-electron chi connectivity index (χ4n) is 0. The van der Waals surface area contributed by atoms with Crippen molar-refractivity contribution in [2.45, 2.75) is 0 Å². The molecule has 0 saturated heterocycles. The van der Waals surface area contributed by atoms with Crippen molar-refractivity contribution in [2.24, 2.45) is 0 Å². The molecule has 0 heterocycles. The molecule has 0 fully saturated rings. The van der Waals surface area contributed by atoms with Crippen molar-refractivity contribution in [3.05, 3.63) is 12.7 Å². The van der Waals surface area contributed by atoms with Gasteiger partial charge in [0.1, 0.15) is 0 Å². The summed E-state index contributed by atoms with van der Waals surface area (Å²) in [6.07, 6.45) is -1.83. The molecule has 0 aromatic rings. The summed E-state index contributed by atoms with van der Waals surface area (Å²) in [6, 6.07) is 0. The monoisotopic (exact) mass is 144 g/mol. The molecule has 0 unspecified atom stereocenters. The number of halogens is 2. The van der Waals surface area contributed by atoms with Crippen molar-refractivity contribution in [2.75, 3.05) is 0 Å². The molecule has 0 radical (unpaired) electrons. The molecule has 0 aromatic carbocycles. The summed E-state index contributed by atoms with van der Waals surface area (Å²) < 4.78 is 37.3. The van der Waals surface area contributed by atoms with Gasteiger partial charge in [0.2, 0.25) is 0 Å². The minimum absolute atomic E-state index is 1.83. The van der Waals surface area contributed by atoms with Crippen molar-refractivity contribution in [3.63, 3.8) is 0 Å². The molecule has 40 valence electrons. The summed E-state index contributed by atoms with van der Waals surface area (Å²) >= 11 is -2.00. The van der Waals surface area contributed by atoms with E-state index in [9.17, 15) is 8.78 Å². The average Bonchev–Trinajstić information content (AvgIpc) is 1.33. The molecular weight excluding hydrogens is 142 g/mol. The third-order valence-electron chi connectivity index (χ3n) is 0. The Hall–Kier alpha value is -0.0857. The second-order valence-electron chi connectivity index (χ2n) is 0.422. The Morgan fingerprint density at radius 3 is 1.43 bits per heavy atom. The van der Waals surface area contributed by atoms with Crippen LogP contribution in [-0.4, -0.2) is 0 Å². The van der Waals surface area contributed by atoms with Gasteiger partial charge in [-0.1, -0.05) is 0 Å². The van der Waals surface area contributed by atoms with Gasteiger partial charge >= 0.3 is 25.7 Å². The third-order valence-corrected chi connectivity index (χ3v) is 0. The van der Waals surface area contributed by atoms with E-state index in [1.54, 1.807) is 0 Å². The van der Waals surface area contributed by atoms with Gasteiger partial charge < -0.3 is 0 Å². The average molecular weight is 144 g/mol. The molecule has 0 saturated carbocycles. The van der Waals surface area contributed by atoms with Crippen molar-refractivity contribution >= 4 is 0 Å². The van der Waals surface area contributed by atoms with Crippen molar-refractivity contribution in [1.29, 1.82) is 0 Å². The molecule has 7 heavy (non-hydrogen) atoms. The van der Waals surface area contributed by atoms with Crippen LogP contribution in [0.3, 0.4) is 0 Å². The SMILES string of the molecule is C=C(F)F.[O]=[Ti]=[O]. The van der Waals surface area contributed by atoms with E-state index < -0.39 is 25.2 Å². The van der Waals surface area contributed by atoms with Gasteiger partial charge in [-0.25, -0.2) is 0 Å². The quantitative estimate of drug-likeness (QED) is 0.478. The second-order valence-corrected chi connectivity index (χ2v) is 0.682. The van der Waals surface area contributed by atoms with Gasteiger partial charge in [0.25, 0.3) is 6.08 Å². The van der Waals surface area contributed by atoms with E-state index >= 15 is 0 Å². The van der Waals surface area contributed by atoms with Gasteiger partial charge in [-0.05, 0) is 6.58 Å². The molecule has 0 spiro atoms. The summed E-state index contributed by atoms with van der Waals surface area (Å²) in [5.41, 5.74) is 0. The molecule has 0 N–H and O–H groups in total. The van der Waals surface area contributed by atoms with Crippen LogP contribution in [0.5, 0.6) is 0 Å². The molecule has 0 aromatic heterocycles. The van der Waals surface area contributed by atoms with E-state index in [0.29, 0.717) is 0 Å². The van der Waals surface area contributed by atoms with Gasteiger partial charge in [0.05, 0.1) is 0 Å². The fraction of sp³-hybridized carbons (Fsp3) is 0. The number of hydrogen-bond donors (Lipinski definition) is 0. The fourth-order valence-corrected chi connectivity index (χ4v) is 0. The van der Waals surface area contributed by atoms with Crippen LogP contribution in [0.15, 0.2) is 12.7 Å². The Kier molecular flexibility index (Phi) is 13.3. The van der Waals surface area contributed by atoms with Crippen molar-refractivity contribution in [3.8, 4) is 0 Å². The molecule has 0 bridgehead atoms. The second kappa shape index (κ2) is 9.32. The zero-order chi connectivity index (χ0) is 6.28. The molecule has 2 nitrogen and oxygen atoms in total. The maximum atomic E-state index is 10.1. The van der Waals surface area contributed by atoms with Crippen LogP contribution in [0.4, 0.5) is 8.78 Å². The Labute approximate surface area is 47.8 Å². The maximum absolute atomic E-state index is 10.1. The van der Waals surface area contributed by atoms with Crippen LogP contribution in [0.2, 0.25) is 0 Å². The Bertz CT molecular complexity index is 81.7. The van der Waals surface area contributed by atoms with Crippen LogP contribution in [0.1, 0.15) is 0 Å². The van der Waals surface area contributed by atoms with E-state index in [4.69, 9.17) is 6.65 Å². The topological polar surface area (TPSA) is 34.1 Å². The standard InChI is InChI=1S/C2H2F2.2O.Ti/c1-2(3)4;;;/h1H2;;;. The molecule has 0 aliphatic carbocycles. The first-order valence-electron chi connectivity index (χ1n) is 1.14. The summed E-state index contributed by atoms with van der Waals surface area (Å²) in [5.74, 6) is 0. The molecule has 5 heteroatoms. The Morgan fingerprint density at radius 2 is 1.43 bits per heavy atom. The van der Waals surface area contributed by atoms with Gasteiger partial charge in [0, 0.05) is 0 Å². The van der Waals surface area contributed by atoms with Crippen molar-refractivity contribution in [1.82, 2.24) is 0 Å². The molecule has 0 amide bonds. The first kappa shape index (κ1) is 10.0. The van der Waals surface area contributed by atoms with Gasteiger partial charge in [-0.2, -0.15) is 8.78 Å². The van der Waals surface area contributed by atoms with Crippen molar-refractivity contribution < 1.29 is 34.5 Å². The molecule has 0 rings (SSSR count). The first-order valence-corrected chi connectivity index (χ1v) is 2.41. The van der Waals surface area contributed by atoms with E-state index in [-0.39, 0.29) is 0 Å². The Balaban J connectivity index is 0. The minimum atomic E-state index is -2.00. The first-order chi connectivity index (χ1) is 3.15. The van der Waals surface area contributed by atoms with E-state index in [1.807, 2.05) is 0 Å². The summed E-state index contributed by atoms with van der Waals surface area (Å²) in [7, 11) is 0. The van der Waals surface area contributed by atoms with E-state index in [2.05, 4.69) is 6.58 Å². The molecule has 0 aliphatic heterocycles. The van der Waals surface area contributed by atoms with Gasteiger partial charge in [-0.3, -0.25) is 0 Å². The van der Waals surface area contributed by atoms with Crippen LogP contribution >= 0.6 is 0 Å². The van der Waals surface area contributed by atoms with Crippen LogP contribution in [0.25, 0.3) is 0 Å². The Morgan fingerprint density at radius 1 is 1.43 bits per heavy atom. The number of hydrogen-bond acceptors (Lipinski definition) is 2. The zero-order valence-corrected chi connectivity index (χ0v) is 4.84. The summed E-state index contributed by atoms with van der Waals surface area (Å²) in [4.78, 5) is 0. The van der Waals surface area contributed by atoms with Crippen LogP contribution in [0, 0.1) is 0 Å². The molecule has 0 aliphatic rings. The summed E-state index contributed by atoms with van der Waals surface area (Å²) in [5, 5.41) is 0. The number of rotatable bonds is 0. The van der Waals surface area contributed by atoms with Crippen LogP contribution < -0.4 is 0 Å². The van der Waals surface area contributed by atoms with Gasteiger partial charge in [-0.15, -0.1) is 0 Å². The molecular formula is C2H2F2O2Ti. The van der Waals surface area contributed by atoms with Crippen LogP contribution in [-0.2, 0) is 25.7 Å². The van der Waals surface area contributed by atoms with E-state index in [1.165, 1.54) is 0 Å². The summed E-state index contributed by atoms with van der Waals surface area (Å²) in [6.45, 7) is 2.22. The normalized spacial score (nSPS) is 4.86. The zero-order valence-electron chi connectivity index (χ0n) is 3.28. The molecule has 0 atom stereocenters. The van der Waals surface area contributed by atoms with E-state index in [0.717, 1.165) is 0 Å². The third kappa shape index (κ3) is 12300.